The second-order valence-corrected chi connectivity index (χ2v) is 10.7. The summed E-state index contributed by atoms with van der Waals surface area (Å²) in [5, 5.41) is 16.5. The number of sulfonamides is 1. The van der Waals surface area contributed by atoms with E-state index in [0.717, 1.165) is 36.2 Å². The van der Waals surface area contributed by atoms with E-state index in [4.69, 9.17) is 14.4 Å². The van der Waals surface area contributed by atoms with Crippen LogP contribution in [0.4, 0.5) is 29.0 Å². The van der Waals surface area contributed by atoms with Gasteiger partial charge in [0.2, 0.25) is 21.9 Å². The van der Waals surface area contributed by atoms with Gasteiger partial charge in [0.1, 0.15) is 0 Å². The minimum atomic E-state index is -3.60. The first-order valence-corrected chi connectivity index (χ1v) is 13.7. The molecule has 1 aromatic carbocycles. The molecule has 0 atom stereocenters. The average Bonchev–Trinajstić information content (AvgIpc) is 3.51. The summed E-state index contributed by atoms with van der Waals surface area (Å²) in [5.41, 5.74) is 2.51. The molecule has 190 valence electrons. The number of aryl methyl sites for hydroxylation is 1. The molecule has 5 rings (SSSR count). The van der Waals surface area contributed by atoms with E-state index in [9.17, 15) is 13.5 Å². The van der Waals surface area contributed by atoms with E-state index in [2.05, 4.69) is 15.6 Å². The zero-order chi connectivity index (χ0) is 25.3. The molecule has 0 unspecified atom stereocenters. The number of nitrogens with one attached hydrogen (secondary N) is 2. The van der Waals surface area contributed by atoms with Crippen molar-refractivity contribution >= 4 is 50.2 Å². The number of hydrogen-bond acceptors (Lipinski definition) is 9. The molecular formula is C24H29N7O4S. The van der Waals surface area contributed by atoms with Crippen LogP contribution in [-0.4, -0.2) is 51.4 Å². The van der Waals surface area contributed by atoms with Crippen molar-refractivity contribution in [2.24, 2.45) is 0 Å². The van der Waals surface area contributed by atoms with Crippen LogP contribution in [0, 0.1) is 0 Å². The topological polar surface area (TPSA) is 138 Å². The van der Waals surface area contributed by atoms with Gasteiger partial charge in [0.15, 0.2) is 17.0 Å². The van der Waals surface area contributed by atoms with Crippen molar-refractivity contribution in [1.29, 1.82) is 0 Å². The molecule has 11 nitrogen and oxygen atoms in total. The summed E-state index contributed by atoms with van der Waals surface area (Å²) in [7, 11) is -3.60. The quantitative estimate of drug-likeness (QED) is 0.320. The van der Waals surface area contributed by atoms with Crippen molar-refractivity contribution < 1.29 is 17.9 Å². The van der Waals surface area contributed by atoms with E-state index in [1.807, 2.05) is 11.5 Å². The van der Waals surface area contributed by atoms with Crippen molar-refractivity contribution in [2.45, 2.75) is 51.3 Å². The number of anilines is 5. The number of rotatable bonds is 8. The van der Waals surface area contributed by atoms with E-state index in [0.29, 0.717) is 40.8 Å². The molecule has 0 radical (unpaired) electrons. The lowest BCUT2D eigenvalue weighted by Crippen LogP contribution is -2.29. The minimum absolute atomic E-state index is 0.194. The maximum absolute atomic E-state index is 12.4. The monoisotopic (exact) mass is 511 g/mol. The SMILES string of the molecule is CCn1cnc2c(Nc3ccc(N(c4ccco4)S(C)(=O)=O)cc3)nc(N[C@H]3CC[C@H](O)CC3)nc21. The highest BCUT2D eigenvalue weighted by atomic mass is 32.2. The summed E-state index contributed by atoms with van der Waals surface area (Å²) in [6.45, 7) is 2.74. The second-order valence-electron chi connectivity index (χ2n) is 8.90. The minimum Gasteiger partial charge on any atom is -0.447 e. The van der Waals surface area contributed by atoms with E-state index in [1.54, 1.807) is 42.7 Å². The molecule has 12 heteroatoms. The molecule has 0 saturated heterocycles. The molecule has 36 heavy (non-hydrogen) atoms. The summed E-state index contributed by atoms with van der Waals surface area (Å²) in [4.78, 5) is 13.9. The molecule has 0 aliphatic heterocycles. The third kappa shape index (κ3) is 5.00. The highest BCUT2D eigenvalue weighted by Crippen LogP contribution is 2.31. The number of furan rings is 1. The molecule has 1 aliphatic carbocycles. The first-order valence-electron chi connectivity index (χ1n) is 11.9. The van der Waals surface area contributed by atoms with Crippen molar-refractivity contribution in [1.82, 2.24) is 19.5 Å². The molecule has 3 N–H and O–H groups in total. The Bertz CT molecular complexity index is 1430. The fourth-order valence-corrected chi connectivity index (χ4v) is 5.35. The molecule has 1 aliphatic rings. The Morgan fingerprint density at radius 1 is 1.14 bits per heavy atom. The first kappa shape index (κ1) is 24.1. The predicted molar refractivity (Wildman–Crippen MR) is 138 cm³/mol. The number of aliphatic hydroxyl groups excluding tert-OH is 1. The van der Waals surface area contributed by atoms with Gasteiger partial charge in [-0.2, -0.15) is 9.97 Å². The van der Waals surface area contributed by atoms with E-state index < -0.39 is 10.0 Å². The van der Waals surface area contributed by atoms with E-state index >= 15 is 0 Å². The number of fused-ring (bicyclic) bond motifs is 1. The number of nitrogens with zero attached hydrogens (tertiary/aromatic N) is 5. The average molecular weight is 512 g/mol. The zero-order valence-electron chi connectivity index (χ0n) is 20.1. The highest BCUT2D eigenvalue weighted by Gasteiger charge is 2.23. The molecule has 4 aromatic rings. The third-order valence-corrected chi connectivity index (χ3v) is 7.29. The molecule has 0 amide bonds. The molecule has 3 aromatic heterocycles. The Morgan fingerprint density at radius 3 is 2.53 bits per heavy atom. The molecule has 0 bridgehead atoms. The van der Waals surface area contributed by atoms with Crippen molar-refractivity contribution in [3.8, 4) is 0 Å². The largest absolute Gasteiger partial charge is 0.447 e. The fraction of sp³-hybridized carbons (Fsp3) is 0.375. The van der Waals surface area contributed by atoms with Gasteiger partial charge in [-0.3, -0.25) is 0 Å². The number of aliphatic hydroxyl groups is 1. The van der Waals surface area contributed by atoms with Gasteiger partial charge in [0, 0.05) is 24.3 Å². The lowest BCUT2D eigenvalue weighted by atomic mass is 9.93. The van der Waals surface area contributed by atoms with Crippen molar-refractivity contribution in [3.05, 3.63) is 49.0 Å². The summed E-state index contributed by atoms with van der Waals surface area (Å²) in [6, 6.07) is 10.4. The van der Waals surface area contributed by atoms with Crippen molar-refractivity contribution in [3.63, 3.8) is 0 Å². The van der Waals surface area contributed by atoms with Crippen LogP contribution in [0.25, 0.3) is 11.2 Å². The van der Waals surface area contributed by atoms with Crippen LogP contribution in [0.2, 0.25) is 0 Å². The first-order chi connectivity index (χ1) is 17.3. The van der Waals surface area contributed by atoms with Crippen molar-refractivity contribution in [2.75, 3.05) is 21.2 Å². The van der Waals surface area contributed by atoms with E-state index in [-0.39, 0.29) is 18.0 Å². The highest BCUT2D eigenvalue weighted by molar-refractivity contribution is 7.92. The van der Waals surface area contributed by atoms with Gasteiger partial charge in [-0.25, -0.2) is 17.7 Å². The van der Waals surface area contributed by atoms with Crippen LogP contribution >= 0.6 is 0 Å². The van der Waals surface area contributed by atoms with Crippen LogP contribution in [0.1, 0.15) is 32.6 Å². The summed E-state index contributed by atoms with van der Waals surface area (Å²) in [5.74, 6) is 1.26. The predicted octanol–water partition coefficient (Wildman–Crippen LogP) is 4.00. The smallest absolute Gasteiger partial charge is 0.238 e. The summed E-state index contributed by atoms with van der Waals surface area (Å²) < 4.78 is 33.2. The lowest BCUT2D eigenvalue weighted by molar-refractivity contribution is 0.126. The van der Waals surface area contributed by atoms with Crippen LogP contribution in [0.3, 0.4) is 0 Å². The Morgan fingerprint density at radius 2 is 1.89 bits per heavy atom. The number of aromatic nitrogens is 4. The number of hydrogen-bond donors (Lipinski definition) is 3. The Kier molecular flexibility index (Phi) is 6.54. The van der Waals surface area contributed by atoms with Crippen LogP contribution < -0.4 is 14.9 Å². The Labute approximate surface area is 209 Å². The standard InChI is InChI=1S/C24H29N7O4S/c1-3-30-15-25-21-22(28-24(29-23(21)30)27-17-8-12-19(32)13-9-17)26-16-6-10-18(11-7-16)31(36(2,33)34)20-5-4-14-35-20/h4-7,10-11,14-15,17,19,32H,3,8-9,12-13H2,1-2H3,(H2,26,27,28,29)/t17-,19-. The second kappa shape index (κ2) is 9.78. The fourth-order valence-electron chi connectivity index (χ4n) is 4.41. The number of imidazole rings is 1. The van der Waals surface area contributed by atoms with Crippen LogP contribution in [0.5, 0.6) is 0 Å². The van der Waals surface area contributed by atoms with Gasteiger partial charge in [0.25, 0.3) is 0 Å². The summed E-state index contributed by atoms with van der Waals surface area (Å²) in [6.07, 6.45) is 7.28. The molecule has 3 heterocycles. The van der Waals surface area contributed by atoms with E-state index in [1.165, 1.54) is 6.26 Å². The van der Waals surface area contributed by atoms with Crippen LogP contribution in [-0.2, 0) is 16.6 Å². The van der Waals surface area contributed by atoms with Gasteiger partial charge in [-0.05, 0) is 62.9 Å². The lowest BCUT2D eigenvalue weighted by Gasteiger charge is -2.26. The number of benzene rings is 1. The maximum atomic E-state index is 12.4. The maximum Gasteiger partial charge on any atom is 0.238 e. The normalized spacial score (nSPS) is 18.3. The zero-order valence-corrected chi connectivity index (χ0v) is 20.9. The Balaban J connectivity index is 1.43. The van der Waals surface area contributed by atoms with Gasteiger partial charge < -0.3 is 24.7 Å². The van der Waals surface area contributed by atoms with Gasteiger partial charge >= 0.3 is 0 Å². The van der Waals surface area contributed by atoms with Gasteiger partial charge in [-0.15, -0.1) is 0 Å². The van der Waals surface area contributed by atoms with Crippen LogP contribution in [0.15, 0.2) is 53.4 Å². The molecular weight excluding hydrogens is 482 g/mol. The molecule has 1 saturated carbocycles. The van der Waals surface area contributed by atoms with Gasteiger partial charge in [-0.1, -0.05) is 0 Å². The molecule has 0 spiro atoms. The summed E-state index contributed by atoms with van der Waals surface area (Å²) >= 11 is 0. The Hall–Kier alpha value is -3.64. The van der Waals surface area contributed by atoms with Gasteiger partial charge in [0.05, 0.1) is 30.6 Å². The third-order valence-electron chi connectivity index (χ3n) is 6.24. The molecule has 1 fully saturated rings.